The number of nitrogens with zero attached hydrogens (tertiary/aromatic N) is 2. The molecule has 2 aliphatic heterocycles. The Labute approximate surface area is 175 Å². The summed E-state index contributed by atoms with van der Waals surface area (Å²) in [5.74, 6) is 0.490. The zero-order valence-corrected chi connectivity index (χ0v) is 17.0. The number of fused-ring (bicyclic) bond motifs is 5. The Morgan fingerprint density at radius 1 is 0.933 bits per heavy atom. The van der Waals surface area contributed by atoms with Gasteiger partial charge in [-0.25, -0.2) is 0 Å². The van der Waals surface area contributed by atoms with Crippen LogP contribution in [-0.2, 0) is 16.1 Å². The average Bonchev–Trinajstić information content (AvgIpc) is 3.42. The summed E-state index contributed by atoms with van der Waals surface area (Å²) in [5.41, 5.74) is 1.24. The third-order valence-electron chi connectivity index (χ3n) is 7.52. The largest absolute Gasteiger partial charge is 0.324 e. The van der Waals surface area contributed by atoms with Crippen LogP contribution >= 0.6 is 0 Å². The SMILES string of the molecule is O=C1[C@@H]2[C@@H](C(=O)N1CC[NH+]1CC[NH+](Cc3ccc([N+](=O)[O-])cc3)CC1)[C@H]1C=C[C@H]2C1. The van der Waals surface area contributed by atoms with Crippen molar-refractivity contribution >= 4 is 17.5 Å². The second-order valence-corrected chi connectivity index (χ2v) is 9.18. The molecule has 2 heterocycles. The summed E-state index contributed by atoms with van der Waals surface area (Å²) in [6, 6.07) is 6.82. The number of nitrogens with one attached hydrogen (secondary N) is 2. The zero-order chi connectivity index (χ0) is 20.8. The van der Waals surface area contributed by atoms with Crippen molar-refractivity contribution in [2.75, 3.05) is 39.3 Å². The number of quaternary nitrogens is 2. The molecule has 8 nitrogen and oxygen atoms in total. The van der Waals surface area contributed by atoms with Crippen molar-refractivity contribution in [3.8, 4) is 0 Å². The molecule has 1 aromatic rings. The number of likely N-dealkylation sites (tertiary alicyclic amines) is 1. The Morgan fingerprint density at radius 2 is 1.50 bits per heavy atom. The maximum absolute atomic E-state index is 12.8. The predicted octanol–water partition coefficient (Wildman–Crippen LogP) is -1.31. The molecule has 158 valence electrons. The summed E-state index contributed by atoms with van der Waals surface area (Å²) in [4.78, 5) is 40.5. The van der Waals surface area contributed by atoms with Crippen LogP contribution in [0.5, 0.6) is 0 Å². The van der Waals surface area contributed by atoms with E-state index in [9.17, 15) is 19.7 Å². The molecule has 5 rings (SSSR count). The number of rotatable bonds is 6. The molecule has 2 bridgehead atoms. The standard InChI is InChI=1S/C22H26N4O4/c27-21-19-16-3-4-17(13-16)20(19)22(28)25(21)12-11-23-7-9-24(10-8-23)14-15-1-5-18(6-2-15)26(29)30/h1-6,16-17,19-20H,7-14H2/p+2/t16-,17-,19-,20-/m0/s1. The summed E-state index contributed by atoms with van der Waals surface area (Å²) in [5, 5.41) is 10.8. The summed E-state index contributed by atoms with van der Waals surface area (Å²) >= 11 is 0. The molecule has 0 unspecified atom stereocenters. The fraction of sp³-hybridized carbons (Fsp3) is 0.545. The summed E-state index contributed by atoms with van der Waals surface area (Å²) in [6.07, 6.45) is 5.25. The number of non-ortho nitro benzene ring substituents is 1. The lowest BCUT2D eigenvalue weighted by atomic mass is 9.85. The Kier molecular flexibility index (Phi) is 4.91. The van der Waals surface area contributed by atoms with Crippen LogP contribution in [0, 0.1) is 33.8 Å². The number of nitro benzene ring substituents is 1. The highest BCUT2D eigenvalue weighted by atomic mass is 16.6. The summed E-state index contributed by atoms with van der Waals surface area (Å²) in [6.45, 7) is 6.30. The van der Waals surface area contributed by atoms with Gasteiger partial charge in [-0.3, -0.25) is 24.6 Å². The maximum Gasteiger partial charge on any atom is 0.269 e. The fourth-order valence-corrected chi connectivity index (χ4v) is 5.86. The smallest absolute Gasteiger partial charge is 0.269 e. The van der Waals surface area contributed by atoms with Crippen LogP contribution in [0.3, 0.4) is 0 Å². The number of imide groups is 1. The van der Waals surface area contributed by atoms with Crippen molar-refractivity contribution in [1.82, 2.24) is 4.90 Å². The number of benzene rings is 1. The van der Waals surface area contributed by atoms with E-state index in [0.717, 1.165) is 51.3 Å². The Morgan fingerprint density at radius 3 is 2.07 bits per heavy atom. The number of amides is 2. The van der Waals surface area contributed by atoms with E-state index in [1.165, 1.54) is 9.80 Å². The average molecular weight is 412 g/mol. The van der Waals surface area contributed by atoms with Crippen LogP contribution in [0.2, 0.25) is 0 Å². The zero-order valence-electron chi connectivity index (χ0n) is 17.0. The number of carbonyl (C=O) groups is 2. The van der Waals surface area contributed by atoms with Gasteiger partial charge in [0.15, 0.2) is 0 Å². The lowest BCUT2D eigenvalue weighted by Gasteiger charge is -2.30. The molecule has 30 heavy (non-hydrogen) atoms. The molecular formula is C22H28N4O4+2. The molecule has 1 saturated carbocycles. The van der Waals surface area contributed by atoms with Crippen molar-refractivity contribution in [2.45, 2.75) is 13.0 Å². The summed E-state index contributed by atoms with van der Waals surface area (Å²) < 4.78 is 0. The molecule has 2 N–H and O–H groups in total. The summed E-state index contributed by atoms with van der Waals surface area (Å²) in [7, 11) is 0. The van der Waals surface area contributed by atoms with Crippen molar-refractivity contribution in [3.63, 3.8) is 0 Å². The molecule has 4 aliphatic rings. The van der Waals surface area contributed by atoms with E-state index in [0.29, 0.717) is 6.54 Å². The number of hydrogen-bond acceptors (Lipinski definition) is 4. The van der Waals surface area contributed by atoms with Crippen LogP contribution < -0.4 is 9.80 Å². The Bertz CT molecular complexity index is 861. The maximum atomic E-state index is 12.8. The van der Waals surface area contributed by atoms with Gasteiger partial charge in [-0.2, -0.15) is 0 Å². The van der Waals surface area contributed by atoms with E-state index in [1.54, 1.807) is 17.0 Å². The van der Waals surface area contributed by atoms with Gasteiger partial charge in [0.25, 0.3) is 5.69 Å². The van der Waals surface area contributed by atoms with Crippen molar-refractivity contribution in [2.24, 2.45) is 23.7 Å². The van der Waals surface area contributed by atoms with Crippen molar-refractivity contribution in [1.29, 1.82) is 0 Å². The van der Waals surface area contributed by atoms with Gasteiger partial charge < -0.3 is 9.80 Å². The quantitative estimate of drug-likeness (QED) is 0.263. The first kappa shape index (κ1) is 19.4. The first-order valence-electron chi connectivity index (χ1n) is 11.0. The molecule has 8 heteroatoms. The van der Waals surface area contributed by atoms with E-state index in [1.807, 2.05) is 12.1 Å². The lowest BCUT2D eigenvalue weighted by molar-refractivity contribution is -1.02. The van der Waals surface area contributed by atoms with Crippen LogP contribution in [0.15, 0.2) is 36.4 Å². The molecule has 1 aromatic carbocycles. The number of piperazine rings is 1. The van der Waals surface area contributed by atoms with E-state index < -0.39 is 0 Å². The number of carbonyl (C=O) groups excluding carboxylic acids is 2. The monoisotopic (exact) mass is 412 g/mol. The third kappa shape index (κ3) is 3.33. The predicted molar refractivity (Wildman–Crippen MR) is 107 cm³/mol. The van der Waals surface area contributed by atoms with E-state index in [2.05, 4.69) is 12.2 Å². The van der Waals surface area contributed by atoms with Gasteiger partial charge in [-0.15, -0.1) is 0 Å². The van der Waals surface area contributed by atoms with Crippen LogP contribution in [0.4, 0.5) is 5.69 Å². The highest BCUT2D eigenvalue weighted by molar-refractivity contribution is 6.06. The minimum Gasteiger partial charge on any atom is -0.324 e. The molecule has 3 fully saturated rings. The van der Waals surface area contributed by atoms with Crippen LogP contribution in [0.1, 0.15) is 12.0 Å². The molecule has 2 aliphatic carbocycles. The molecule has 0 aromatic heterocycles. The minimum absolute atomic E-state index is 0.0590. The molecule has 2 saturated heterocycles. The van der Waals surface area contributed by atoms with Gasteiger partial charge in [0.05, 0.1) is 29.8 Å². The molecule has 2 amide bonds. The van der Waals surface area contributed by atoms with Crippen LogP contribution in [-0.4, -0.2) is 60.9 Å². The third-order valence-corrected chi connectivity index (χ3v) is 7.52. The topological polar surface area (TPSA) is 89.4 Å². The van der Waals surface area contributed by atoms with Gasteiger partial charge in [0, 0.05) is 17.7 Å². The highest BCUT2D eigenvalue weighted by Gasteiger charge is 2.59. The van der Waals surface area contributed by atoms with Gasteiger partial charge >= 0.3 is 0 Å². The van der Waals surface area contributed by atoms with E-state index in [-0.39, 0.29) is 46.1 Å². The van der Waals surface area contributed by atoms with Gasteiger partial charge in [0.2, 0.25) is 11.8 Å². The first-order valence-corrected chi connectivity index (χ1v) is 11.0. The lowest BCUT2D eigenvalue weighted by Crippen LogP contribution is -3.27. The second kappa shape index (κ2) is 7.59. The molecule has 0 radical (unpaired) electrons. The van der Waals surface area contributed by atoms with E-state index in [4.69, 9.17) is 0 Å². The van der Waals surface area contributed by atoms with E-state index >= 15 is 0 Å². The number of nitro groups is 1. The molecule has 0 spiro atoms. The second-order valence-electron chi connectivity index (χ2n) is 9.18. The first-order chi connectivity index (χ1) is 14.5. The number of hydrogen-bond donors (Lipinski definition) is 2. The van der Waals surface area contributed by atoms with Gasteiger partial charge in [0.1, 0.15) is 32.7 Å². The minimum atomic E-state index is -0.372. The molecular weight excluding hydrogens is 384 g/mol. The van der Waals surface area contributed by atoms with Gasteiger partial charge in [-0.1, -0.05) is 12.2 Å². The fourth-order valence-electron chi connectivity index (χ4n) is 5.86. The van der Waals surface area contributed by atoms with Crippen molar-refractivity contribution in [3.05, 3.63) is 52.1 Å². The highest BCUT2D eigenvalue weighted by Crippen LogP contribution is 2.52. The van der Waals surface area contributed by atoms with Crippen LogP contribution in [0.25, 0.3) is 0 Å². The van der Waals surface area contributed by atoms with Crippen molar-refractivity contribution < 1.29 is 24.3 Å². The Balaban J connectivity index is 1.09. The Hall–Kier alpha value is -2.58. The normalized spacial score (nSPS) is 34.6. The molecule has 4 atom stereocenters. The number of allylic oxidation sites excluding steroid dienone is 2. The van der Waals surface area contributed by atoms with Gasteiger partial charge in [-0.05, 0) is 30.4 Å².